The van der Waals surface area contributed by atoms with Crippen molar-refractivity contribution in [1.82, 2.24) is 15.1 Å². The first-order valence-corrected chi connectivity index (χ1v) is 9.51. The smallest absolute Gasteiger partial charge is 0.416 e. The van der Waals surface area contributed by atoms with Gasteiger partial charge in [-0.25, -0.2) is 0 Å². The van der Waals surface area contributed by atoms with Crippen molar-refractivity contribution in [3.8, 4) is 17.0 Å². The van der Waals surface area contributed by atoms with Crippen LogP contribution < -0.4 is 4.74 Å². The van der Waals surface area contributed by atoms with Gasteiger partial charge in [0.25, 0.3) is 0 Å². The highest BCUT2D eigenvalue weighted by molar-refractivity contribution is 5.70. The van der Waals surface area contributed by atoms with Gasteiger partial charge in [-0.05, 0) is 63.2 Å². The second-order valence-electron chi connectivity index (χ2n) is 8.11. The summed E-state index contributed by atoms with van der Waals surface area (Å²) in [6.07, 6.45) is -3.35. The van der Waals surface area contributed by atoms with Crippen LogP contribution in [0.25, 0.3) is 11.3 Å². The van der Waals surface area contributed by atoms with Gasteiger partial charge >= 0.3 is 6.18 Å². The predicted molar refractivity (Wildman–Crippen MR) is 104 cm³/mol. The molecule has 158 valence electrons. The van der Waals surface area contributed by atoms with Crippen LogP contribution in [-0.2, 0) is 6.18 Å². The topological polar surface area (TPSA) is 58.5 Å². The summed E-state index contributed by atoms with van der Waals surface area (Å²) in [7, 11) is 3.35. The molecule has 0 spiro atoms. The summed E-state index contributed by atoms with van der Waals surface area (Å²) in [5.41, 5.74) is 0.911. The van der Waals surface area contributed by atoms with Crippen LogP contribution in [0.2, 0.25) is 0 Å². The number of nitrogens with zero attached hydrogens (tertiary/aromatic N) is 3. The SMILES string of the molecule is COc1cc(C(F)(F)F)ccc1-c1nnc([C@@H](O)C2(C)CCCN(C)C2)cc1C. The number of aryl methyl sites for hydroxylation is 1. The summed E-state index contributed by atoms with van der Waals surface area (Å²) in [4.78, 5) is 2.19. The molecule has 1 N–H and O–H groups in total. The number of benzene rings is 1. The third-order valence-electron chi connectivity index (χ3n) is 5.65. The van der Waals surface area contributed by atoms with E-state index in [9.17, 15) is 18.3 Å². The molecule has 1 saturated heterocycles. The van der Waals surface area contributed by atoms with Crippen molar-refractivity contribution in [3.63, 3.8) is 0 Å². The minimum absolute atomic E-state index is 0.0754. The normalized spacial score (nSPS) is 21.8. The van der Waals surface area contributed by atoms with E-state index in [1.165, 1.54) is 13.2 Å². The van der Waals surface area contributed by atoms with E-state index in [1.54, 1.807) is 13.0 Å². The van der Waals surface area contributed by atoms with E-state index in [1.807, 2.05) is 14.0 Å². The Morgan fingerprint density at radius 3 is 2.55 bits per heavy atom. The predicted octanol–water partition coefficient (Wildman–Crippen LogP) is 4.24. The number of rotatable bonds is 4. The van der Waals surface area contributed by atoms with Gasteiger partial charge in [0, 0.05) is 17.5 Å². The van der Waals surface area contributed by atoms with Gasteiger partial charge in [0.05, 0.1) is 24.1 Å². The minimum Gasteiger partial charge on any atom is -0.496 e. The van der Waals surface area contributed by atoms with Gasteiger partial charge in [-0.1, -0.05) is 6.92 Å². The molecular weight excluding hydrogens is 383 g/mol. The van der Waals surface area contributed by atoms with Gasteiger partial charge in [-0.2, -0.15) is 18.3 Å². The van der Waals surface area contributed by atoms with Crippen molar-refractivity contribution in [3.05, 3.63) is 41.1 Å². The molecule has 1 unspecified atom stereocenters. The summed E-state index contributed by atoms with van der Waals surface area (Å²) in [5, 5.41) is 19.4. The second-order valence-corrected chi connectivity index (χ2v) is 8.11. The number of methoxy groups -OCH3 is 1. The Morgan fingerprint density at radius 1 is 1.24 bits per heavy atom. The summed E-state index contributed by atoms with van der Waals surface area (Å²) in [5.74, 6) is 0.0754. The number of ether oxygens (including phenoxy) is 1. The second kappa shape index (κ2) is 7.91. The zero-order valence-electron chi connectivity index (χ0n) is 17.0. The standard InChI is InChI=1S/C21H26F3N3O2/c1-13-10-16(19(28)20(2)8-5-9-27(3)12-20)25-26-18(13)15-7-6-14(21(22,23)24)11-17(15)29-4/h6-7,10-11,19,28H,5,8-9,12H2,1-4H3/t19-,20?/m1/s1. The molecule has 0 amide bonds. The summed E-state index contributed by atoms with van der Waals surface area (Å²) >= 11 is 0. The molecule has 1 aliphatic rings. The van der Waals surface area contributed by atoms with E-state index in [0.29, 0.717) is 22.5 Å². The van der Waals surface area contributed by atoms with Crippen LogP contribution in [0.5, 0.6) is 5.75 Å². The fourth-order valence-electron chi connectivity index (χ4n) is 4.08. The highest BCUT2D eigenvalue weighted by Gasteiger charge is 2.38. The monoisotopic (exact) mass is 409 g/mol. The van der Waals surface area contributed by atoms with E-state index in [4.69, 9.17) is 4.74 Å². The number of aromatic nitrogens is 2. The molecule has 1 aromatic heterocycles. The molecule has 0 radical (unpaired) electrons. The molecule has 2 atom stereocenters. The van der Waals surface area contributed by atoms with E-state index < -0.39 is 17.8 Å². The fraction of sp³-hybridized carbons (Fsp3) is 0.524. The zero-order valence-corrected chi connectivity index (χ0v) is 17.0. The van der Waals surface area contributed by atoms with E-state index >= 15 is 0 Å². The molecule has 3 rings (SSSR count). The molecule has 1 aliphatic heterocycles. The number of likely N-dealkylation sites (tertiary alicyclic amines) is 1. The fourth-order valence-corrected chi connectivity index (χ4v) is 4.08. The molecule has 5 nitrogen and oxygen atoms in total. The Kier molecular flexibility index (Phi) is 5.87. The lowest BCUT2D eigenvalue weighted by Crippen LogP contribution is -2.43. The molecule has 1 aromatic carbocycles. The molecule has 29 heavy (non-hydrogen) atoms. The third-order valence-corrected chi connectivity index (χ3v) is 5.65. The Bertz CT molecular complexity index is 888. The summed E-state index contributed by atoms with van der Waals surface area (Å²) in [6.45, 7) is 5.59. The van der Waals surface area contributed by atoms with Crippen LogP contribution in [-0.4, -0.2) is 47.5 Å². The lowest BCUT2D eigenvalue weighted by molar-refractivity contribution is -0.137. The lowest BCUT2D eigenvalue weighted by Gasteiger charge is -2.41. The van der Waals surface area contributed by atoms with Crippen molar-refractivity contribution in [1.29, 1.82) is 0 Å². The first kappa shape index (κ1) is 21.5. The van der Waals surface area contributed by atoms with Gasteiger partial charge in [-0.15, -0.1) is 5.10 Å². The first-order valence-electron chi connectivity index (χ1n) is 9.51. The van der Waals surface area contributed by atoms with Gasteiger partial charge in [-0.3, -0.25) is 0 Å². The van der Waals surface area contributed by atoms with Gasteiger partial charge in [0.1, 0.15) is 11.9 Å². The van der Waals surface area contributed by atoms with E-state index in [0.717, 1.165) is 38.1 Å². The van der Waals surface area contributed by atoms with Crippen LogP contribution in [0.1, 0.15) is 42.7 Å². The maximum absolute atomic E-state index is 13.0. The van der Waals surface area contributed by atoms with Crippen molar-refractivity contribution in [2.24, 2.45) is 5.41 Å². The highest BCUT2D eigenvalue weighted by atomic mass is 19.4. The molecule has 0 aliphatic carbocycles. The summed E-state index contributed by atoms with van der Waals surface area (Å²) < 4.78 is 44.1. The van der Waals surface area contributed by atoms with Crippen molar-refractivity contribution in [2.45, 2.75) is 39.0 Å². The number of hydrogen-bond donors (Lipinski definition) is 1. The van der Waals surface area contributed by atoms with E-state index in [-0.39, 0.29) is 11.2 Å². The molecule has 0 bridgehead atoms. The molecule has 2 heterocycles. The molecule has 8 heteroatoms. The number of aliphatic hydroxyl groups excluding tert-OH is 1. The Balaban J connectivity index is 1.94. The number of piperidine rings is 1. The maximum Gasteiger partial charge on any atom is 0.416 e. The number of halogens is 3. The number of hydrogen-bond acceptors (Lipinski definition) is 5. The van der Waals surface area contributed by atoms with Crippen LogP contribution >= 0.6 is 0 Å². The zero-order chi connectivity index (χ0) is 21.4. The summed E-state index contributed by atoms with van der Waals surface area (Å²) in [6, 6.07) is 5.05. The van der Waals surface area contributed by atoms with Crippen LogP contribution in [0.3, 0.4) is 0 Å². The molecule has 2 aromatic rings. The molecule has 1 fully saturated rings. The van der Waals surface area contributed by atoms with Gasteiger partial charge in [0.15, 0.2) is 0 Å². The van der Waals surface area contributed by atoms with E-state index in [2.05, 4.69) is 15.1 Å². The Hall–Kier alpha value is -2.19. The van der Waals surface area contributed by atoms with Gasteiger partial charge in [0.2, 0.25) is 0 Å². The van der Waals surface area contributed by atoms with Crippen molar-refractivity contribution < 1.29 is 23.0 Å². The minimum atomic E-state index is -4.46. The Labute approximate surface area is 168 Å². The average Bonchev–Trinajstić information content (AvgIpc) is 2.66. The highest BCUT2D eigenvalue weighted by Crippen LogP contribution is 2.41. The van der Waals surface area contributed by atoms with Crippen LogP contribution in [0.4, 0.5) is 13.2 Å². The molecule has 0 saturated carbocycles. The number of alkyl halides is 3. The largest absolute Gasteiger partial charge is 0.496 e. The average molecular weight is 409 g/mol. The van der Waals surface area contributed by atoms with Gasteiger partial charge < -0.3 is 14.7 Å². The first-order chi connectivity index (χ1) is 13.5. The van der Waals surface area contributed by atoms with Crippen molar-refractivity contribution in [2.75, 3.05) is 27.2 Å². The third kappa shape index (κ3) is 4.38. The quantitative estimate of drug-likeness (QED) is 0.818. The maximum atomic E-state index is 13.0. The van der Waals surface area contributed by atoms with Crippen LogP contribution in [0, 0.1) is 12.3 Å². The number of aliphatic hydroxyl groups is 1. The van der Waals surface area contributed by atoms with Crippen molar-refractivity contribution >= 4 is 0 Å². The molecular formula is C21H26F3N3O2. The Morgan fingerprint density at radius 2 is 1.97 bits per heavy atom. The van der Waals surface area contributed by atoms with Crippen LogP contribution in [0.15, 0.2) is 24.3 Å². The lowest BCUT2D eigenvalue weighted by atomic mass is 9.76.